The molecule has 4 rings (SSSR count). The molecule has 3 aliphatic carbocycles. The van der Waals surface area contributed by atoms with E-state index in [0.717, 1.165) is 6.07 Å². The van der Waals surface area contributed by atoms with Crippen molar-refractivity contribution in [1.82, 2.24) is 0 Å². The van der Waals surface area contributed by atoms with Gasteiger partial charge in [0.15, 0.2) is 11.4 Å². The molecule has 152 valence electrons. The molecule has 0 spiro atoms. The van der Waals surface area contributed by atoms with Crippen LogP contribution in [0.4, 0.5) is 0 Å². The maximum absolute atomic E-state index is 13.1. The number of hydrogen-bond donors (Lipinski definition) is 6. The molecule has 29 heavy (non-hydrogen) atoms. The molecule has 1 aromatic rings. The number of primary amides is 1. The number of rotatable bonds is 1. The number of benzene rings is 1. The van der Waals surface area contributed by atoms with E-state index in [1.54, 1.807) is 0 Å². The van der Waals surface area contributed by atoms with Crippen LogP contribution in [0.25, 0.3) is 0 Å². The average Bonchev–Trinajstić information content (AvgIpc) is 2.64. The van der Waals surface area contributed by atoms with Crippen molar-refractivity contribution in [3.63, 3.8) is 0 Å². The number of aliphatic hydroxyl groups is 4. The van der Waals surface area contributed by atoms with Crippen LogP contribution >= 0.6 is 11.6 Å². The van der Waals surface area contributed by atoms with Crippen molar-refractivity contribution in [2.24, 2.45) is 17.6 Å². The van der Waals surface area contributed by atoms with Crippen LogP contribution in [-0.4, -0.2) is 48.6 Å². The van der Waals surface area contributed by atoms with Crippen LogP contribution in [0, 0.1) is 11.8 Å². The summed E-state index contributed by atoms with van der Waals surface area (Å²) >= 11 is 6.10. The zero-order chi connectivity index (χ0) is 21.4. The lowest BCUT2D eigenvalue weighted by Crippen LogP contribution is -2.57. The molecule has 10 heteroatoms. The van der Waals surface area contributed by atoms with Crippen molar-refractivity contribution in [3.05, 3.63) is 50.9 Å². The van der Waals surface area contributed by atoms with Gasteiger partial charge in [0.1, 0.15) is 22.8 Å². The van der Waals surface area contributed by atoms with Gasteiger partial charge in [-0.25, -0.2) is 0 Å². The van der Waals surface area contributed by atoms with Gasteiger partial charge in [-0.3, -0.25) is 14.4 Å². The quantitative estimate of drug-likeness (QED) is 0.359. The summed E-state index contributed by atoms with van der Waals surface area (Å²) in [5, 5.41) is 52.9. The molecule has 7 N–H and O–H groups in total. The van der Waals surface area contributed by atoms with Crippen molar-refractivity contribution in [3.8, 4) is 5.75 Å². The highest BCUT2D eigenvalue weighted by molar-refractivity contribution is 6.32. The van der Waals surface area contributed by atoms with Crippen LogP contribution in [0.2, 0.25) is 5.02 Å². The van der Waals surface area contributed by atoms with Gasteiger partial charge in [0.05, 0.1) is 11.7 Å². The Kier molecular flexibility index (Phi) is 4.06. The minimum atomic E-state index is -2.68. The minimum absolute atomic E-state index is 0.0245. The van der Waals surface area contributed by atoms with E-state index < -0.39 is 69.4 Å². The summed E-state index contributed by atoms with van der Waals surface area (Å²) in [7, 11) is 0. The fourth-order valence-corrected chi connectivity index (χ4v) is 4.88. The number of aliphatic hydroxyl groups excluding tert-OH is 3. The highest BCUT2D eigenvalue weighted by Crippen LogP contribution is 2.55. The fraction of sp³-hybridized carbons (Fsp3) is 0.316. The van der Waals surface area contributed by atoms with Gasteiger partial charge in [-0.1, -0.05) is 11.6 Å². The number of carbonyl (C=O) groups excluding carboxylic acids is 3. The molecule has 0 bridgehead atoms. The van der Waals surface area contributed by atoms with Crippen molar-refractivity contribution in [2.75, 3.05) is 0 Å². The minimum Gasteiger partial charge on any atom is -0.511 e. The number of halogens is 1. The second-order valence-electron chi connectivity index (χ2n) is 7.42. The topological polar surface area (TPSA) is 178 Å². The van der Waals surface area contributed by atoms with Gasteiger partial charge in [-0.15, -0.1) is 0 Å². The second-order valence-corrected chi connectivity index (χ2v) is 7.82. The first-order valence-electron chi connectivity index (χ1n) is 8.68. The summed E-state index contributed by atoms with van der Waals surface area (Å²) in [6.45, 7) is 0. The first-order chi connectivity index (χ1) is 13.5. The predicted octanol–water partition coefficient (Wildman–Crippen LogP) is 0.725. The van der Waals surface area contributed by atoms with E-state index in [2.05, 4.69) is 0 Å². The van der Waals surface area contributed by atoms with Crippen LogP contribution in [0.3, 0.4) is 0 Å². The van der Waals surface area contributed by atoms with Crippen molar-refractivity contribution >= 4 is 29.1 Å². The molecule has 1 unspecified atom stereocenters. The Morgan fingerprint density at radius 3 is 2.48 bits per heavy atom. The molecule has 1 aromatic carbocycles. The molecular formula is C19H16ClNO8. The highest BCUT2D eigenvalue weighted by Gasteiger charge is 2.61. The van der Waals surface area contributed by atoms with Crippen LogP contribution < -0.4 is 5.73 Å². The number of fused-ring (bicyclic) bond motifs is 3. The van der Waals surface area contributed by atoms with Crippen molar-refractivity contribution < 1.29 is 39.9 Å². The number of phenols is 1. The summed E-state index contributed by atoms with van der Waals surface area (Å²) < 4.78 is 0. The summed E-state index contributed by atoms with van der Waals surface area (Å²) in [6.07, 6.45) is -1.99. The molecule has 0 fully saturated rings. The zero-order valence-electron chi connectivity index (χ0n) is 14.7. The molecule has 0 saturated heterocycles. The van der Waals surface area contributed by atoms with E-state index in [1.165, 1.54) is 6.07 Å². The predicted molar refractivity (Wildman–Crippen MR) is 97.1 cm³/mol. The molecule has 0 radical (unpaired) electrons. The Morgan fingerprint density at radius 2 is 1.86 bits per heavy atom. The Bertz CT molecular complexity index is 1070. The Hall–Kier alpha value is -2.88. The number of ketones is 2. The number of allylic oxidation sites excluding steroid dienone is 1. The molecule has 0 aromatic heterocycles. The fourth-order valence-electron chi connectivity index (χ4n) is 4.61. The molecule has 1 amide bonds. The van der Waals surface area contributed by atoms with Crippen LogP contribution in [0.1, 0.15) is 34.9 Å². The third-order valence-electron chi connectivity index (χ3n) is 5.98. The normalized spacial score (nSPS) is 31.3. The maximum atomic E-state index is 13.1. The van der Waals surface area contributed by atoms with Gasteiger partial charge in [-0.05, 0) is 18.6 Å². The average molecular weight is 422 g/mol. The number of phenolic OH excluding ortho intramolecular Hbond substituents is 1. The van der Waals surface area contributed by atoms with E-state index in [-0.39, 0.29) is 29.0 Å². The Labute approximate surface area is 168 Å². The van der Waals surface area contributed by atoms with E-state index in [9.17, 15) is 39.9 Å². The number of hydrogen-bond acceptors (Lipinski definition) is 8. The first kappa shape index (κ1) is 19.4. The smallest absolute Gasteiger partial charge is 0.255 e. The van der Waals surface area contributed by atoms with E-state index in [0.29, 0.717) is 0 Å². The third kappa shape index (κ3) is 2.32. The van der Waals surface area contributed by atoms with Crippen molar-refractivity contribution in [1.29, 1.82) is 0 Å². The number of amides is 1. The number of Topliss-reactive ketones (excluding diaryl/α,β-unsaturated/α-hetero) is 2. The maximum Gasteiger partial charge on any atom is 0.255 e. The number of aromatic hydroxyl groups is 1. The van der Waals surface area contributed by atoms with Gasteiger partial charge in [0.2, 0.25) is 5.78 Å². The van der Waals surface area contributed by atoms with Crippen molar-refractivity contribution in [2.45, 2.75) is 24.5 Å². The number of nitrogens with two attached hydrogens (primary N) is 1. The molecule has 0 heterocycles. The summed E-state index contributed by atoms with van der Waals surface area (Å²) in [5.41, 5.74) is 0.751. The highest BCUT2D eigenvalue weighted by atomic mass is 35.5. The largest absolute Gasteiger partial charge is 0.511 e. The molecular weight excluding hydrogens is 406 g/mol. The summed E-state index contributed by atoms with van der Waals surface area (Å²) in [4.78, 5) is 37.4. The van der Waals surface area contributed by atoms with E-state index in [1.807, 2.05) is 0 Å². The SMILES string of the molecule is NC(=O)C1=C(O)C[C@@H]2CC3C(=C(O)[C@]2(O)C1=O)C(=O)c1c(O)ccc(Cl)c1[C@H]3O. The van der Waals surface area contributed by atoms with Crippen LogP contribution in [0.5, 0.6) is 5.75 Å². The zero-order valence-corrected chi connectivity index (χ0v) is 15.5. The molecule has 0 aliphatic heterocycles. The molecule has 0 saturated carbocycles. The second kappa shape index (κ2) is 6.06. The Morgan fingerprint density at radius 1 is 1.21 bits per heavy atom. The lowest BCUT2D eigenvalue weighted by molar-refractivity contribution is -0.145. The van der Waals surface area contributed by atoms with Crippen LogP contribution in [0.15, 0.2) is 34.8 Å². The van der Waals surface area contributed by atoms with Gasteiger partial charge >= 0.3 is 0 Å². The van der Waals surface area contributed by atoms with E-state index in [4.69, 9.17) is 17.3 Å². The molecule has 3 aliphatic rings. The first-order valence-corrected chi connectivity index (χ1v) is 9.06. The van der Waals surface area contributed by atoms with Crippen LogP contribution in [-0.2, 0) is 9.59 Å². The lowest BCUT2D eigenvalue weighted by atomic mass is 9.59. The summed E-state index contributed by atoms with van der Waals surface area (Å²) in [5.74, 6) is -7.89. The number of carbonyl (C=O) groups is 3. The van der Waals surface area contributed by atoms with Gasteiger partial charge in [0.25, 0.3) is 5.91 Å². The van der Waals surface area contributed by atoms with Gasteiger partial charge in [0, 0.05) is 34.4 Å². The molecule has 9 nitrogen and oxygen atoms in total. The Balaban J connectivity index is 1.97. The standard InChI is InChI=1S/C19H16ClNO8/c20-7-1-2-8(22)12-11(7)14(24)6-3-5-4-9(23)13(18(21)28)17(27)19(5,29)16(26)10(6)15(12)25/h1-2,5-6,14,22-24,26,29H,3-4H2,(H2,21,28)/t5-,6?,14-,19-/m0/s1. The van der Waals surface area contributed by atoms with Gasteiger partial charge in [-0.2, -0.15) is 0 Å². The van der Waals surface area contributed by atoms with Gasteiger partial charge < -0.3 is 31.3 Å². The monoisotopic (exact) mass is 421 g/mol. The summed E-state index contributed by atoms with van der Waals surface area (Å²) in [6, 6.07) is 2.44. The third-order valence-corrected chi connectivity index (χ3v) is 6.31. The molecule has 4 atom stereocenters. The van der Waals surface area contributed by atoms with E-state index >= 15 is 0 Å². The lowest BCUT2D eigenvalue weighted by Gasteiger charge is -2.46.